The number of fused-ring (bicyclic) bond motifs is 1. The molecule has 2 heterocycles. The Morgan fingerprint density at radius 3 is 2.56 bits per heavy atom. The van der Waals surface area contributed by atoms with Crippen LogP contribution in [0.2, 0.25) is 0 Å². The molecule has 0 aliphatic rings. The third-order valence-electron chi connectivity index (χ3n) is 3.83. The zero-order chi connectivity index (χ0) is 17.2. The number of hydrogen-bond acceptors (Lipinski definition) is 5. The van der Waals surface area contributed by atoms with Gasteiger partial charge in [0, 0.05) is 22.0 Å². The molecule has 124 valence electrons. The summed E-state index contributed by atoms with van der Waals surface area (Å²) >= 11 is 1.57. The number of nitrogens with zero attached hydrogens (tertiary/aromatic N) is 3. The highest BCUT2D eigenvalue weighted by atomic mass is 32.2. The molecule has 2 aromatic carbocycles. The van der Waals surface area contributed by atoms with Gasteiger partial charge in [-0.3, -0.25) is 5.10 Å². The van der Waals surface area contributed by atoms with Crippen molar-refractivity contribution in [3.63, 3.8) is 0 Å². The number of aromatic amines is 1. The van der Waals surface area contributed by atoms with Gasteiger partial charge in [-0.25, -0.2) is 9.97 Å². The van der Waals surface area contributed by atoms with E-state index in [0.717, 1.165) is 33.1 Å². The largest absolute Gasteiger partial charge is 0.323 e. The number of benzene rings is 2. The standard InChI is InChI=1S/C19H17N5S/c1-12-7-3-6-10-16(12)25-19-20-15-9-5-4-8-14(15)18(22-19)21-17-11-13(2)23-24-17/h3-11H,1-2H3,(H2,20,21,22,23,24). The van der Waals surface area contributed by atoms with Crippen LogP contribution in [0.1, 0.15) is 11.3 Å². The molecule has 0 aliphatic carbocycles. The van der Waals surface area contributed by atoms with Crippen molar-refractivity contribution >= 4 is 34.3 Å². The Labute approximate surface area is 149 Å². The average Bonchev–Trinajstić information content (AvgIpc) is 3.02. The maximum atomic E-state index is 4.73. The van der Waals surface area contributed by atoms with Crippen molar-refractivity contribution < 1.29 is 0 Å². The van der Waals surface area contributed by atoms with Crippen LogP contribution in [0.5, 0.6) is 0 Å². The van der Waals surface area contributed by atoms with Crippen LogP contribution in [0.15, 0.2) is 64.6 Å². The molecule has 0 saturated carbocycles. The van der Waals surface area contributed by atoms with Crippen LogP contribution in [-0.4, -0.2) is 20.2 Å². The summed E-state index contributed by atoms with van der Waals surface area (Å²) in [4.78, 5) is 10.6. The lowest BCUT2D eigenvalue weighted by atomic mass is 10.2. The first-order valence-corrected chi connectivity index (χ1v) is 8.80. The van der Waals surface area contributed by atoms with Gasteiger partial charge in [0.2, 0.25) is 0 Å². The summed E-state index contributed by atoms with van der Waals surface area (Å²) < 4.78 is 0. The molecule has 4 rings (SSSR count). The van der Waals surface area contributed by atoms with Gasteiger partial charge < -0.3 is 5.32 Å². The van der Waals surface area contributed by atoms with Gasteiger partial charge in [0.25, 0.3) is 0 Å². The maximum absolute atomic E-state index is 4.73. The van der Waals surface area contributed by atoms with Gasteiger partial charge >= 0.3 is 0 Å². The van der Waals surface area contributed by atoms with Crippen molar-refractivity contribution in [2.75, 3.05) is 5.32 Å². The van der Waals surface area contributed by atoms with E-state index in [1.54, 1.807) is 11.8 Å². The van der Waals surface area contributed by atoms with Crippen molar-refractivity contribution in [3.05, 3.63) is 65.9 Å². The molecule has 25 heavy (non-hydrogen) atoms. The van der Waals surface area contributed by atoms with Crippen LogP contribution in [0.3, 0.4) is 0 Å². The van der Waals surface area contributed by atoms with Crippen LogP contribution < -0.4 is 5.32 Å². The molecule has 0 unspecified atom stereocenters. The highest BCUT2D eigenvalue weighted by molar-refractivity contribution is 7.99. The van der Waals surface area contributed by atoms with Crippen molar-refractivity contribution in [1.29, 1.82) is 0 Å². The van der Waals surface area contributed by atoms with Crippen molar-refractivity contribution in [2.24, 2.45) is 0 Å². The van der Waals surface area contributed by atoms with E-state index in [1.807, 2.05) is 49.4 Å². The lowest BCUT2D eigenvalue weighted by Crippen LogP contribution is -1.99. The summed E-state index contributed by atoms with van der Waals surface area (Å²) in [6, 6.07) is 18.2. The molecule has 0 aliphatic heterocycles. The molecule has 0 radical (unpaired) electrons. The molecule has 0 spiro atoms. The minimum Gasteiger partial charge on any atom is -0.323 e. The van der Waals surface area contributed by atoms with E-state index in [9.17, 15) is 0 Å². The molecule has 0 amide bonds. The number of nitrogens with one attached hydrogen (secondary N) is 2. The van der Waals surface area contributed by atoms with Crippen molar-refractivity contribution in [2.45, 2.75) is 23.9 Å². The van der Waals surface area contributed by atoms with Crippen molar-refractivity contribution in [3.8, 4) is 0 Å². The summed E-state index contributed by atoms with van der Waals surface area (Å²) in [6.07, 6.45) is 0. The molecule has 6 heteroatoms. The smallest absolute Gasteiger partial charge is 0.195 e. The molecule has 0 bridgehead atoms. The molecular weight excluding hydrogens is 330 g/mol. The fourth-order valence-electron chi connectivity index (χ4n) is 2.57. The highest BCUT2D eigenvalue weighted by Crippen LogP contribution is 2.31. The zero-order valence-electron chi connectivity index (χ0n) is 13.9. The Balaban J connectivity index is 1.76. The quantitative estimate of drug-likeness (QED) is 0.516. The number of hydrogen-bond donors (Lipinski definition) is 2. The van der Waals surface area contributed by atoms with E-state index in [4.69, 9.17) is 9.97 Å². The molecule has 0 fully saturated rings. The Bertz CT molecular complexity index is 1040. The lowest BCUT2D eigenvalue weighted by Gasteiger charge is -2.10. The molecule has 0 atom stereocenters. The number of aryl methyl sites for hydroxylation is 2. The summed E-state index contributed by atoms with van der Waals surface area (Å²) in [5.41, 5.74) is 3.11. The second-order valence-corrected chi connectivity index (χ2v) is 6.81. The Hall–Kier alpha value is -2.86. The fraction of sp³-hybridized carbons (Fsp3) is 0.105. The highest BCUT2D eigenvalue weighted by Gasteiger charge is 2.11. The number of rotatable bonds is 4. The monoisotopic (exact) mass is 347 g/mol. The lowest BCUT2D eigenvalue weighted by molar-refractivity contribution is 0.999. The van der Waals surface area contributed by atoms with E-state index in [2.05, 4.69) is 34.6 Å². The van der Waals surface area contributed by atoms with E-state index in [1.165, 1.54) is 5.56 Å². The first kappa shape index (κ1) is 15.7. The Kier molecular flexibility index (Phi) is 4.11. The van der Waals surface area contributed by atoms with Crippen LogP contribution in [0, 0.1) is 13.8 Å². The SMILES string of the molecule is Cc1cc(Nc2nc(Sc3ccccc3C)nc3ccccc23)n[nH]1. The van der Waals surface area contributed by atoms with Crippen molar-refractivity contribution in [1.82, 2.24) is 20.2 Å². The average molecular weight is 347 g/mol. The third kappa shape index (κ3) is 3.34. The minimum absolute atomic E-state index is 0.711. The van der Waals surface area contributed by atoms with Crippen LogP contribution in [-0.2, 0) is 0 Å². The second-order valence-electron chi connectivity index (χ2n) is 5.80. The summed E-state index contributed by atoms with van der Waals surface area (Å²) in [5.74, 6) is 1.50. The van der Waals surface area contributed by atoms with Crippen LogP contribution in [0.4, 0.5) is 11.6 Å². The van der Waals surface area contributed by atoms with Gasteiger partial charge in [0.05, 0.1) is 5.52 Å². The number of anilines is 2. The topological polar surface area (TPSA) is 66.5 Å². The van der Waals surface area contributed by atoms with E-state index in [-0.39, 0.29) is 0 Å². The number of aromatic nitrogens is 4. The van der Waals surface area contributed by atoms with Gasteiger partial charge in [-0.05, 0) is 49.4 Å². The first-order chi connectivity index (χ1) is 12.2. The molecule has 5 nitrogen and oxygen atoms in total. The fourth-order valence-corrected chi connectivity index (χ4v) is 3.42. The first-order valence-electron chi connectivity index (χ1n) is 7.98. The molecular formula is C19H17N5S. The molecule has 2 aromatic heterocycles. The summed E-state index contributed by atoms with van der Waals surface area (Å²) in [7, 11) is 0. The van der Waals surface area contributed by atoms with Gasteiger partial charge in [-0.2, -0.15) is 5.10 Å². The zero-order valence-corrected chi connectivity index (χ0v) is 14.8. The number of H-pyrrole nitrogens is 1. The summed E-state index contributed by atoms with van der Waals surface area (Å²) in [5, 5.41) is 12.2. The Morgan fingerprint density at radius 2 is 1.76 bits per heavy atom. The van der Waals surface area contributed by atoms with Crippen LogP contribution in [0.25, 0.3) is 10.9 Å². The van der Waals surface area contributed by atoms with E-state index in [0.29, 0.717) is 5.16 Å². The van der Waals surface area contributed by atoms with Gasteiger partial charge in [0.1, 0.15) is 5.82 Å². The predicted molar refractivity (Wildman–Crippen MR) is 101 cm³/mol. The van der Waals surface area contributed by atoms with E-state index < -0.39 is 0 Å². The minimum atomic E-state index is 0.711. The second kappa shape index (κ2) is 6.57. The predicted octanol–water partition coefficient (Wildman–Crippen LogP) is 4.86. The normalized spacial score (nSPS) is 11.0. The van der Waals surface area contributed by atoms with Gasteiger partial charge in [0.15, 0.2) is 11.0 Å². The van der Waals surface area contributed by atoms with Gasteiger partial charge in [-0.1, -0.05) is 30.3 Å². The third-order valence-corrected chi connectivity index (χ3v) is 4.87. The molecule has 0 saturated heterocycles. The molecule has 2 N–H and O–H groups in total. The Morgan fingerprint density at radius 1 is 0.960 bits per heavy atom. The number of para-hydroxylation sites is 1. The van der Waals surface area contributed by atoms with Gasteiger partial charge in [-0.15, -0.1) is 0 Å². The van der Waals surface area contributed by atoms with Crippen LogP contribution >= 0.6 is 11.8 Å². The maximum Gasteiger partial charge on any atom is 0.195 e. The summed E-state index contributed by atoms with van der Waals surface area (Å²) in [6.45, 7) is 4.06. The van der Waals surface area contributed by atoms with E-state index >= 15 is 0 Å². The molecule has 4 aromatic rings.